The molecule has 0 fully saturated rings. The molecule has 0 atom stereocenters. The normalized spacial score (nSPS) is 11.7. The van der Waals surface area contributed by atoms with Gasteiger partial charge in [-0.25, -0.2) is 19.7 Å². The highest BCUT2D eigenvalue weighted by Gasteiger charge is 2.30. The third kappa shape index (κ3) is 5.79. The summed E-state index contributed by atoms with van der Waals surface area (Å²) in [6.45, 7) is 7.58. The highest BCUT2D eigenvalue weighted by molar-refractivity contribution is 5.92. The maximum Gasteiger partial charge on any atom is 0.416 e. The van der Waals surface area contributed by atoms with Gasteiger partial charge in [-0.15, -0.1) is 0 Å². The van der Waals surface area contributed by atoms with Gasteiger partial charge in [0, 0.05) is 25.2 Å². The van der Waals surface area contributed by atoms with Crippen molar-refractivity contribution in [2.24, 2.45) is 0 Å². The molecule has 0 saturated carbocycles. The van der Waals surface area contributed by atoms with Gasteiger partial charge in [-0.05, 0) is 43.5 Å². The van der Waals surface area contributed by atoms with Gasteiger partial charge in [-0.3, -0.25) is 0 Å². The van der Waals surface area contributed by atoms with Crippen LogP contribution in [0.15, 0.2) is 48.5 Å². The predicted molar refractivity (Wildman–Crippen MR) is 140 cm³/mol. The molecule has 0 aliphatic rings. The second-order valence-electron chi connectivity index (χ2n) is 9.27. The summed E-state index contributed by atoms with van der Waals surface area (Å²) in [7, 11) is 0. The van der Waals surface area contributed by atoms with E-state index in [0.717, 1.165) is 42.5 Å². The van der Waals surface area contributed by atoms with Crippen molar-refractivity contribution in [1.29, 1.82) is 0 Å². The van der Waals surface area contributed by atoms with Crippen molar-refractivity contribution >= 4 is 23.0 Å². The van der Waals surface area contributed by atoms with Crippen LogP contribution in [0.25, 0.3) is 22.6 Å². The summed E-state index contributed by atoms with van der Waals surface area (Å²) in [5.74, 6) is -0.607. The average Bonchev–Trinajstić information content (AvgIpc) is 3.24. The van der Waals surface area contributed by atoms with E-state index in [1.165, 1.54) is 12.1 Å². The number of carboxylic acid groups (broad SMARTS) is 1. The van der Waals surface area contributed by atoms with Crippen molar-refractivity contribution in [2.75, 3.05) is 18.0 Å². The van der Waals surface area contributed by atoms with E-state index in [1.54, 1.807) is 0 Å². The molecule has 200 valence electrons. The van der Waals surface area contributed by atoms with Crippen LogP contribution < -0.4 is 4.90 Å². The molecular weight excluding hydrogens is 495 g/mol. The van der Waals surface area contributed by atoms with Crippen molar-refractivity contribution in [3.8, 4) is 11.4 Å². The molecule has 0 aliphatic heterocycles. The van der Waals surface area contributed by atoms with Gasteiger partial charge in [0.15, 0.2) is 11.5 Å². The number of aryl methyl sites for hydroxylation is 1. The van der Waals surface area contributed by atoms with Crippen LogP contribution in [0.2, 0.25) is 0 Å². The number of halogens is 3. The number of rotatable bonds is 10. The summed E-state index contributed by atoms with van der Waals surface area (Å²) >= 11 is 0. The molecule has 2 aromatic heterocycles. The number of unbranched alkanes of at least 4 members (excludes halogenated alkanes) is 1. The Bertz CT molecular complexity index is 1430. The number of carboxylic acids is 1. The van der Waals surface area contributed by atoms with Gasteiger partial charge in [0.1, 0.15) is 11.3 Å². The highest BCUT2D eigenvalue weighted by atomic mass is 19.4. The molecule has 0 amide bonds. The topological polar surface area (TPSA) is 84.1 Å². The van der Waals surface area contributed by atoms with E-state index in [1.807, 2.05) is 47.6 Å². The van der Waals surface area contributed by atoms with Gasteiger partial charge in [0.05, 0.1) is 5.56 Å². The number of anilines is 1. The maximum atomic E-state index is 13.2. The zero-order valence-electron chi connectivity index (χ0n) is 21.6. The molecule has 0 aliphatic carbocycles. The number of aromatic carboxylic acids is 1. The lowest BCUT2D eigenvalue weighted by Crippen LogP contribution is -2.28. The molecule has 4 rings (SSSR count). The number of benzene rings is 2. The quantitative estimate of drug-likeness (QED) is 0.252. The minimum absolute atomic E-state index is 0.203. The first kappa shape index (κ1) is 27.1. The van der Waals surface area contributed by atoms with Crippen molar-refractivity contribution < 1.29 is 23.1 Å². The summed E-state index contributed by atoms with van der Waals surface area (Å²) in [4.78, 5) is 27.4. The molecule has 38 heavy (non-hydrogen) atoms. The number of hydrogen-bond donors (Lipinski definition) is 1. The molecule has 0 saturated heterocycles. The summed E-state index contributed by atoms with van der Waals surface area (Å²) in [6, 6.07) is 12.7. The number of alkyl halides is 3. The Morgan fingerprint density at radius 3 is 2.34 bits per heavy atom. The zero-order chi connectivity index (χ0) is 27.4. The van der Waals surface area contributed by atoms with Gasteiger partial charge in [0.2, 0.25) is 5.82 Å². The molecule has 10 heteroatoms. The fourth-order valence-electron chi connectivity index (χ4n) is 4.42. The Hall–Kier alpha value is -3.95. The van der Waals surface area contributed by atoms with Crippen molar-refractivity contribution in [2.45, 2.75) is 52.8 Å². The lowest BCUT2D eigenvalue weighted by Gasteiger charge is -2.24. The van der Waals surface area contributed by atoms with Crippen LogP contribution in [0, 0.1) is 6.92 Å². The van der Waals surface area contributed by atoms with Gasteiger partial charge in [-0.1, -0.05) is 56.2 Å². The SMILES string of the molecule is CCCCN(CCC)c1nc(C(=O)O)nc2nc(-c3cccc(C)c3)n(Cc3ccc(C(F)(F)F)cc3)c12. The second-order valence-corrected chi connectivity index (χ2v) is 9.27. The van der Waals surface area contributed by atoms with Gasteiger partial charge in [0.25, 0.3) is 0 Å². The van der Waals surface area contributed by atoms with E-state index in [4.69, 9.17) is 4.98 Å². The minimum Gasteiger partial charge on any atom is -0.475 e. The minimum atomic E-state index is -4.43. The number of nitrogens with zero attached hydrogens (tertiary/aromatic N) is 5. The van der Waals surface area contributed by atoms with Crippen LogP contribution in [-0.4, -0.2) is 43.7 Å². The lowest BCUT2D eigenvalue weighted by molar-refractivity contribution is -0.137. The van der Waals surface area contributed by atoms with E-state index in [-0.39, 0.29) is 18.0 Å². The molecule has 4 aromatic rings. The Morgan fingerprint density at radius 1 is 1.00 bits per heavy atom. The average molecular weight is 526 g/mol. The third-order valence-corrected chi connectivity index (χ3v) is 6.25. The molecular formula is C28H30F3N5O2. The fourth-order valence-corrected chi connectivity index (χ4v) is 4.42. The molecule has 2 aromatic carbocycles. The van der Waals surface area contributed by atoms with Crippen molar-refractivity contribution in [1.82, 2.24) is 19.5 Å². The van der Waals surface area contributed by atoms with Gasteiger partial charge >= 0.3 is 12.1 Å². The summed E-state index contributed by atoms with van der Waals surface area (Å²) in [6.07, 6.45) is -1.79. The van der Waals surface area contributed by atoms with Crippen LogP contribution in [0.1, 0.15) is 60.4 Å². The lowest BCUT2D eigenvalue weighted by atomic mass is 10.1. The first-order valence-corrected chi connectivity index (χ1v) is 12.6. The van der Waals surface area contributed by atoms with Gasteiger partial charge in [-0.2, -0.15) is 13.2 Å². The van der Waals surface area contributed by atoms with Crippen LogP contribution in [0.3, 0.4) is 0 Å². The summed E-state index contributed by atoms with van der Waals surface area (Å²) < 4.78 is 41.4. The van der Waals surface area contributed by atoms with E-state index in [9.17, 15) is 23.1 Å². The summed E-state index contributed by atoms with van der Waals surface area (Å²) in [5, 5.41) is 9.74. The molecule has 0 unspecified atom stereocenters. The second kappa shape index (κ2) is 11.2. The number of imidazole rings is 1. The Labute approximate surface area is 219 Å². The molecule has 1 N–H and O–H groups in total. The van der Waals surface area contributed by atoms with E-state index in [0.29, 0.717) is 35.8 Å². The van der Waals surface area contributed by atoms with Crippen LogP contribution in [0.4, 0.5) is 19.0 Å². The first-order valence-electron chi connectivity index (χ1n) is 12.6. The van der Waals surface area contributed by atoms with Crippen molar-refractivity contribution in [3.05, 3.63) is 71.0 Å². The van der Waals surface area contributed by atoms with Gasteiger partial charge < -0.3 is 14.6 Å². The van der Waals surface area contributed by atoms with Crippen LogP contribution in [-0.2, 0) is 12.7 Å². The molecule has 0 bridgehead atoms. The number of fused-ring (bicyclic) bond motifs is 1. The van der Waals surface area contributed by atoms with E-state index in [2.05, 4.69) is 16.9 Å². The van der Waals surface area contributed by atoms with E-state index >= 15 is 0 Å². The highest BCUT2D eigenvalue weighted by Crippen LogP contribution is 2.33. The standard InChI is InChI=1S/C28H30F3N5O2/c1-4-6-15-35(14-5-2)26-22-23(32-24(34-26)27(37)38)33-25(20-9-7-8-18(3)16-20)36(22)17-19-10-12-21(13-11-19)28(29,30)31/h7-13,16H,4-6,14-15,17H2,1-3H3,(H,37,38). The maximum absolute atomic E-state index is 13.2. The fraction of sp³-hybridized carbons (Fsp3) is 0.357. The number of aromatic nitrogens is 4. The Kier molecular flexibility index (Phi) is 7.99. The predicted octanol–water partition coefficient (Wildman–Crippen LogP) is 6.58. The molecule has 0 radical (unpaired) electrons. The Balaban J connectivity index is 1.97. The summed E-state index contributed by atoms with van der Waals surface area (Å²) in [5.41, 5.74) is 2.48. The first-order chi connectivity index (χ1) is 18.1. The van der Waals surface area contributed by atoms with Crippen molar-refractivity contribution in [3.63, 3.8) is 0 Å². The van der Waals surface area contributed by atoms with Crippen LogP contribution >= 0.6 is 0 Å². The van der Waals surface area contributed by atoms with Crippen LogP contribution in [0.5, 0.6) is 0 Å². The molecule has 0 spiro atoms. The third-order valence-electron chi connectivity index (χ3n) is 6.25. The smallest absolute Gasteiger partial charge is 0.416 e. The zero-order valence-corrected chi connectivity index (χ0v) is 21.6. The Morgan fingerprint density at radius 2 is 1.74 bits per heavy atom. The largest absolute Gasteiger partial charge is 0.475 e. The molecule has 2 heterocycles. The number of carbonyl (C=O) groups is 1. The monoisotopic (exact) mass is 525 g/mol. The molecule has 7 nitrogen and oxygen atoms in total. The van der Waals surface area contributed by atoms with E-state index < -0.39 is 17.7 Å². The number of hydrogen-bond acceptors (Lipinski definition) is 5.